The standard InChI is InChI=1S/C14H19N5/c1-9-6-4-5-7-11(9)10(2)17-13-8-12(16-3)18-14(15)19-13/h4-8,10H,1-3H3,(H4,15,16,17,18,19). The number of anilines is 3. The second-order valence-corrected chi connectivity index (χ2v) is 4.47. The lowest BCUT2D eigenvalue weighted by atomic mass is 10.0. The Morgan fingerprint density at radius 3 is 2.53 bits per heavy atom. The second kappa shape index (κ2) is 5.56. The molecular formula is C14H19N5. The van der Waals surface area contributed by atoms with E-state index >= 15 is 0 Å². The summed E-state index contributed by atoms with van der Waals surface area (Å²) in [4.78, 5) is 8.26. The Morgan fingerprint density at radius 2 is 1.84 bits per heavy atom. The van der Waals surface area contributed by atoms with Gasteiger partial charge in [-0.05, 0) is 25.0 Å². The van der Waals surface area contributed by atoms with Crippen molar-refractivity contribution in [1.29, 1.82) is 0 Å². The summed E-state index contributed by atoms with van der Waals surface area (Å²) in [7, 11) is 1.80. The van der Waals surface area contributed by atoms with Crippen molar-refractivity contribution in [2.24, 2.45) is 0 Å². The van der Waals surface area contributed by atoms with Gasteiger partial charge in [0, 0.05) is 13.1 Å². The van der Waals surface area contributed by atoms with Gasteiger partial charge in [0.05, 0.1) is 6.04 Å². The van der Waals surface area contributed by atoms with Crippen LogP contribution in [-0.2, 0) is 0 Å². The largest absolute Gasteiger partial charge is 0.373 e. The molecule has 0 bridgehead atoms. The number of nitrogens with zero attached hydrogens (tertiary/aromatic N) is 2. The van der Waals surface area contributed by atoms with Crippen LogP contribution >= 0.6 is 0 Å². The van der Waals surface area contributed by atoms with Crippen molar-refractivity contribution in [2.45, 2.75) is 19.9 Å². The van der Waals surface area contributed by atoms with Gasteiger partial charge in [0.15, 0.2) is 0 Å². The Morgan fingerprint density at radius 1 is 1.16 bits per heavy atom. The molecule has 5 heteroatoms. The highest BCUT2D eigenvalue weighted by atomic mass is 15.1. The van der Waals surface area contributed by atoms with Gasteiger partial charge in [-0.3, -0.25) is 0 Å². The monoisotopic (exact) mass is 257 g/mol. The first-order valence-corrected chi connectivity index (χ1v) is 6.24. The molecule has 0 fully saturated rings. The topological polar surface area (TPSA) is 75.9 Å². The number of nitrogen functional groups attached to an aromatic ring is 1. The lowest BCUT2D eigenvalue weighted by molar-refractivity contribution is 0.863. The van der Waals surface area contributed by atoms with Gasteiger partial charge in [0.25, 0.3) is 0 Å². The fourth-order valence-electron chi connectivity index (χ4n) is 2.04. The van der Waals surface area contributed by atoms with Crippen LogP contribution in [0.5, 0.6) is 0 Å². The van der Waals surface area contributed by atoms with Gasteiger partial charge < -0.3 is 16.4 Å². The Kier molecular flexibility index (Phi) is 3.85. The first-order chi connectivity index (χ1) is 9.10. The minimum Gasteiger partial charge on any atom is -0.373 e. The van der Waals surface area contributed by atoms with Crippen LogP contribution in [0.1, 0.15) is 24.1 Å². The molecule has 1 heterocycles. The van der Waals surface area contributed by atoms with Crippen LogP contribution < -0.4 is 16.4 Å². The van der Waals surface area contributed by atoms with Gasteiger partial charge in [-0.2, -0.15) is 9.97 Å². The Bertz CT molecular complexity index is 568. The summed E-state index contributed by atoms with van der Waals surface area (Å²) < 4.78 is 0. The summed E-state index contributed by atoms with van der Waals surface area (Å²) in [6, 6.07) is 10.3. The van der Waals surface area contributed by atoms with Gasteiger partial charge in [-0.25, -0.2) is 0 Å². The van der Waals surface area contributed by atoms with E-state index in [1.54, 1.807) is 7.05 Å². The molecule has 1 aromatic carbocycles. The van der Waals surface area contributed by atoms with E-state index < -0.39 is 0 Å². The molecule has 100 valence electrons. The zero-order valence-corrected chi connectivity index (χ0v) is 11.4. The smallest absolute Gasteiger partial charge is 0.223 e. The maximum atomic E-state index is 5.68. The predicted octanol–water partition coefficient (Wildman–Crippen LogP) is 2.58. The van der Waals surface area contributed by atoms with Gasteiger partial charge in [0.1, 0.15) is 11.6 Å². The number of aromatic nitrogens is 2. The average molecular weight is 257 g/mol. The van der Waals surface area contributed by atoms with Gasteiger partial charge in [-0.15, -0.1) is 0 Å². The highest BCUT2D eigenvalue weighted by Gasteiger charge is 2.09. The summed E-state index contributed by atoms with van der Waals surface area (Å²) in [6.07, 6.45) is 0. The van der Waals surface area contributed by atoms with E-state index in [9.17, 15) is 0 Å². The first-order valence-electron chi connectivity index (χ1n) is 6.24. The fourth-order valence-corrected chi connectivity index (χ4v) is 2.04. The van der Waals surface area contributed by atoms with E-state index in [1.807, 2.05) is 18.2 Å². The predicted molar refractivity (Wildman–Crippen MR) is 79.2 cm³/mol. The van der Waals surface area contributed by atoms with Crippen LogP contribution in [0.15, 0.2) is 30.3 Å². The van der Waals surface area contributed by atoms with Crippen molar-refractivity contribution >= 4 is 17.6 Å². The van der Waals surface area contributed by atoms with E-state index in [2.05, 4.69) is 46.6 Å². The third kappa shape index (κ3) is 3.13. The Hall–Kier alpha value is -2.30. The minimum atomic E-state index is 0.153. The van der Waals surface area contributed by atoms with E-state index in [-0.39, 0.29) is 12.0 Å². The summed E-state index contributed by atoms with van der Waals surface area (Å²) in [6.45, 7) is 4.19. The molecule has 1 atom stereocenters. The molecule has 0 radical (unpaired) electrons. The molecule has 2 rings (SSSR count). The molecule has 0 aliphatic rings. The molecule has 1 unspecified atom stereocenters. The molecule has 0 aliphatic heterocycles. The molecule has 0 saturated heterocycles. The van der Waals surface area contributed by atoms with Crippen LogP contribution in [0.25, 0.3) is 0 Å². The number of nitrogens with one attached hydrogen (secondary N) is 2. The van der Waals surface area contributed by atoms with Crippen LogP contribution in [0.4, 0.5) is 17.6 Å². The molecule has 19 heavy (non-hydrogen) atoms. The summed E-state index contributed by atoms with van der Waals surface area (Å²) in [5.41, 5.74) is 8.17. The van der Waals surface area contributed by atoms with E-state index in [4.69, 9.17) is 5.73 Å². The highest BCUT2D eigenvalue weighted by molar-refractivity contribution is 5.52. The molecule has 0 aliphatic carbocycles. The van der Waals surface area contributed by atoms with Crippen LogP contribution in [0, 0.1) is 6.92 Å². The van der Waals surface area contributed by atoms with E-state index in [1.165, 1.54) is 11.1 Å². The van der Waals surface area contributed by atoms with Gasteiger partial charge >= 0.3 is 0 Å². The number of rotatable bonds is 4. The van der Waals surface area contributed by atoms with Crippen molar-refractivity contribution in [2.75, 3.05) is 23.4 Å². The quantitative estimate of drug-likeness (QED) is 0.785. The van der Waals surface area contributed by atoms with E-state index in [0.29, 0.717) is 11.6 Å². The van der Waals surface area contributed by atoms with Gasteiger partial charge in [-0.1, -0.05) is 24.3 Å². The zero-order valence-electron chi connectivity index (χ0n) is 11.4. The number of benzene rings is 1. The first kappa shape index (κ1) is 13.1. The number of hydrogen-bond donors (Lipinski definition) is 3. The average Bonchev–Trinajstić information content (AvgIpc) is 2.38. The fraction of sp³-hybridized carbons (Fsp3) is 0.286. The third-order valence-electron chi connectivity index (χ3n) is 3.02. The SMILES string of the molecule is CNc1cc(NC(C)c2ccccc2C)nc(N)n1. The number of hydrogen-bond acceptors (Lipinski definition) is 5. The van der Waals surface area contributed by atoms with Crippen molar-refractivity contribution in [3.05, 3.63) is 41.5 Å². The van der Waals surface area contributed by atoms with Crippen LogP contribution in [0.2, 0.25) is 0 Å². The van der Waals surface area contributed by atoms with Gasteiger partial charge in [0.2, 0.25) is 5.95 Å². The van der Waals surface area contributed by atoms with Crippen LogP contribution in [-0.4, -0.2) is 17.0 Å². The maximum Gasteiger partial charge on any atom is 0.223 e. The molecule has 0 amide bonds. The molecular weight excluding hydrogens is 238 g/mol. The molecule has 4 N–H and O–H groups in total. The van der Waals surface area contributed by atoms with Crippen molar-refractivity contribution in [1.82, 2.24) is 9.97 Å². The van der Waals surface area contributed by atoms with E-state index in [0.717, 1.165) is 0 Å². The van der Waals surface area contributed by atoms with Crippen molar-refractivity contribution in [3.63, 3.8) is 0 Å². The third-order valence-corrected chi connectivity index (χ3v) is 3.02. The lowest BCUT2D eigenvalue weighted by Gasteiger charge is -2.17. The Labute approximate surface area is 113 Å². The summed E-state index contributed by atoms with van der Waals surface area (Å²) in [5.74, 6) is 1.67. The van der Waals surface area contributed by atoms with Crippen LogP contribution in [0.3, 0.4) is 0 Å². The molecule has 5 nitrogen and oxygen atoms in total. The Balaban J connectivity index is 2.21. The zero-order chi connectivity index (χ0) is 13.8. The second-order valence-electron chi connectivity index (χ2n) is 4.47. The highest BCUT2D eigenvalue weighted by Crippen LogP contribution is 2.22. The normalized spacial score (nSPS) is 11.9. The summed E-state index contributed by atoms with van der Waals surface area (Å²) >= 11 is 0. The minimum absolute atomic E-state index is 0.153. The molecule has 1 aromatic heterocycles. The lowest BCUT2D eigenvalue weighted by Crippen LogP contribution is -2.11. The molecule has 0 saturated carbocycles. The summed E-state index contributed by atoms with van der Waals surface area (Å²) in [5, 5.41) is 6.30. The molecule has 0 spiro atoms. The number of aryl methyl sites for hydroxylation is 1. The maximum absolute atomic E-state index is 5.68. The molecule has 2 aromatic rings. The number of nitrogens with two attached hydrogens (primary N) is 1. The van der Waals surface area contributed by atoms with Crippen molar-refractivity contribution in [3.8, 4) is 0 Å². The van der Waals surface area contributed by atoms with Crippen molar-refractivity contribution < 1.29 is 0 Å².